The van der Waals surface area contributed by atoms with Crippen LogP contribution in [0.1, 0.15) is 11.3 Å². The van der Waals surface area contributed by atoms with Crippen molar-refractivity contribution in [3.63, 3.8) is 0 Å². The summed E-state index contributed by atoms with van der Waals surface area (Å²) < 4.78 is 6.87. The third-order valence-corrected chi connectivity index (χ3v) is 4.06. The van der Waals surface area contributed by atoms with Crippen LogP contribution in [0.3, 0.4) is 0 Å². The van der Waals surface area contributed by atoms with Gasteiger partial charge in [-0.25, -0.2) is 0 Å². The Morgan fingerprint density at radius 1 is 1.07 bits per heavy atom. The summed E-state index contributed by atoms with van der Waals surface area (Å²) in [6.07, 6.45) is 0. The molecule has 2 aromatic carbocycles. The molecule has 3 rings (SSSR count). The molecule has 11 heteroatoms. The molecule has 3 aromatic rings. The van der Waals surface area contributed by atoms with E-state index in [0.29, 0.717) is 11.4 Å². The molecule has 1 aromatic heterocycles. The first-order valence-corrected chi connectivity index (χ1v) is 8.74. The molecule has 0 spiro atoms. The van der Waals surface area contributed by atoms with Crippen molar-refractivity contribution in [2.24, 2.45) is 0 Å². The molecule has 0 radical (unpaired) electrons. The van der Waals surface area contributed by atoms with E-state index in [-0.39, 0.29) is 29.5 Å². The molecule has 1 heterocycles. The minimum Gasteiger partial charge on any atom is -0.457 e. The first-order valence-electron chi connectivity index (χ1n) is 8.74. The number of benzene rings is 2. The van der Waals surface area contributed by atoms with Gasteiger partial charge in [-0.3, -0.25) is 14.9 Å². The zero-order valence-corrected chi connectivity index (χ0v) is 16.1. The van der Waals surface area contributed by atoms with Gasteiger partial charge in [0.05, 0.1) is 33.5 Å². The number of hydrogen-bond acceptors (Lipinski definition) is 7. The molecule has 1 N–H and O–H groups in total. The highest BCUT2D eigenvalue weighted by molar-refractivity contribution is 5.91. The molecule has 0 atom stereocenters. The molecule has 0 saturated carbocycles. The molecule has 30 heavy (non-hydrogen) atoms. The Morgan fingerprint density at radius 3 is 2.47 bits per heavy atom. The van der Waals surface area contributed by atoms with Crippen LogP contribution in [0.15, 0.2) is 48.5 Å². The second-order valence-electron chi connectivity index (χ2n) is 6.50. The highest BCUT2D eigenvalue weighted by Crippen LogP contribution is 2.30. The SMILES string of the molecule is Cc1cccc(Oc2cc(NC(=O)Cn3nc([N+](=O)[O-])cc3C)cc([N+](=O)[O-])c2)c1. The zero-order chi connectivity index (χ0) is 21.8. The number of non-ortho nitro benzene ring substituents is 1. The average Bonchev–Trinajstić information content (AvgIpc) is 3.02. The number of carbonyl (C=O) groups is 1. The van der Waals surface area contributed by atoms with E-state index in [2.05, 4.69) is 10.4 Å². The van der Waals surface area contributed by atoms with Gasteiger partial charge in [-0.1, -0.05) is 12.1 Å². The van der Waals surface area contributed by atoms with Gasteiger partial charge in [0.25, 0.3) is 5.69 Å². The number of rotatable bonds is 7. The molecule has 0 unspecified atom stereocenters. The van der Waals surface area contributed by atoms with Crippen LogP contribution in [0.4, 0.5) is 17.2 Å². The number of nitrogens with one attached hydrogen (secondary N) is 1. The van der Waals surface area contributed by atoms with Crippen LogP contribution in [0, 0.1) is 34.1 Å². The predicted octanol–water partition coefficient (Wildman–Crippen LogP) is 3.75. The Balaban J connectivity index is 1.80. The van der Waals surface area contributed by atoms with Crippen molar-refractivity contribution in [1.82, 2.24) is 9.78 Å². The smallest absolute Gasteiger partial charge is 0.390 e. The van der Waals surface area contributed by atoms with Gasteiger partial charge in [0, 0.05) is 12.1 Å². The van der Waals surface area contributed by atoms with Gasteiger partial charge in [0.15, 0.2) is 0 Å². The minimum atomic E-state index is -0.656. The highest BCUT2D eigenvalue weighted by atomic mass is 16.6. The maximum absolute atomic E-state index is 12.4. The van der Waals surface area contributed by atoms with Gasteiger partial charge in [-0.15, -0.1) is 0 Å². The Bertz CT molecular complexity index is 1140. The fourth-order valence-electron chi connectivity index (χ4n) is 2.71. The van der Waals surface area contributed by atoms with Crippen LogP contribution in [0.2, 0.25) is 0 Å². The van der Waals surface area contributed by atoms with Crippen molar-refractivity contribution in [2.75, 3.05) is 5.32 Å². The molecule has 0 bridgehead atoms. The van der Waals surface area contributed by atoms with E-state index in [9.17, 15) is 25.0 Å². The van der Waals surface area contributed by atoms with Gasteiger partial charge in [-0.2, -0.15) is 4.68 Å². The third-order valence-electron chi connectivity index (χ3n) is 4.06. The zero-order valence-electron chi connectivity index (χ0n) is 16.1. The van der Waals surface area contributed by atoms with E-state index in [1.165, 1.54) is 28.9 Å². The quantitative estimate of drug-likeness (QED) is 0.461. The monoisotopic (exact) mass is 411 g/mol. The lowest BCUT2D eigenvalue weighted by Crippen LogP contribution is -2.20. The van der Waals surface area contributed by atoms with Crippen LogP contribution >= 0.6 is 0 Å². The second-order valence-corrected chi connectivity index (χ2v) is 6.50. The molecule has 11 nitrogen and oxygen atoms in total. The number of aromatic nitrogens is 2. The van der Waals surface area contributed by atoms with Crippen molar-refractivity contribution >= 4 is 23.1 Å². The standard InChI is InChI=1S/C19H17N5O6/c1-12-4-3-5-16(6-12)30-17-9-14(8-15(10-17)23(26)27)20-19(25)11-22-13(2)7-18(21-22)24(28)29/h3-10H,11H2,1-2H3,(H,20,25). The number of carbonyl (C=O) groups excluding carboxylic acids is 1. The van der Waals surface area contributed by atoms with Crippen LogP contribution in [-0.2, 0) is 11.3 Å². The average molecular weight is 411 g/mol. The lowest BCUT2D eigenvalue weighted by atomic mass is 10.2. The third kappa shape index (κ3) is 4.95. The molecule has 154 valence electrons. The summed E-state index contributed by atoms with van der Waals surface area (Å²) in [5.74, 6) is -0.258. The molecular weight excluding hydrogens is 394 g/mol. The first kappa shape index (κ1) is 20.5. The topological polar surface area (TPSA) is 142 Å². The predicted molar refractivity (Wildman–Crippen MR) is 107 cm³/mol. The Morgan fingerprint density at radius 2 is 1.83 bits per heavy atom. The normalized spacial score (nSPS) is 10.5. The number of nitro benzene ring substituents is 1. The highest BCUT2D eigenvalue weighted by Gasteiger charge is 2.19. The Hall–Kier alpha value is -4.28. The summed E-state index contributed by atoms with van der Waals surface area (Å²) in [5.41, 5.74) is 1.27. The number of nitrogens with zero attached hydrogens (tertiary/aromatic N) is 4. The molecule has 0 saturated heterocycles. The van der Waals surface area contributed by atoms with Crippen LogP contribution in [0.5, 0.6) is 11.5 Å². The Labute approximate surface area is 170 Å². The van der Waals surface area contributed by atoms with E-state index >= 15 is 0 Å². The maximum atomic E-state index is 12.4. The minimum absolute atomic E-state index is 0.149. The summed E-state index contributed by atoms with van der Waals surface area (Å²) in [4.78, 5) is 33.2. The lowest BCUT2D eigenvalue weighted by Gasteiger charge is -2.10. The van der Waals surface area contributed by atoms with Crippen molar-refractivity contribution in [2.45, 2.75) is 20.4 Å². The molecule has 1 amide bonds. The number of ether oxygens (including phenoxy) is 1. The van der Waals surface area contributed by atoms with E-state index in [4.69, 9.17) is 4.74 Å². The summed E-state index contributed by atoms with van der Waals surface area (Å²) >= 11 is 0. The van der Waals surface area contributed by atoms with Crippen molar-refractivity contribution in [3.8, 4) is 11.5 Å². The van der Waals surface area contributed by atoms with Crippen LogP contribution in [0.25, 0.3) is 0 Å². The van der Waals surface area contributed by atoms with Gasteiger partial charge in [-0.05, 0) is 36.5 Å². The van der Waals surface area contributed by atoms with Gasteiger partial charge in [0.1, 0.15) is 18.0 Å². The van der Waals surface area contributed by atoms with Gasteiger partial charge < -0.3 is 20.2 Å². The largest absolute Gasteiger partial charge is 0.457 e. The number of amides is 1. The Kier molecular flexibility index (Phi) is 5.72. The van der Waals surface area contributed by atoms with E-state index < -0.39 is 15.8 Å². The molecule has 0 aliphatic carbocycles. The molecule has 0 aliphatic rings. The summed E-state index contributed by atoms with van der Waals surface area (Å²) in [5, 5.41) is 28.3. The number of nitro groups is 2. The van der Waals surface area contributed by atoms with Crippen molar-refractivity contribution in [3.05, 3.63) is 80.0 Å². The van der Waals surface area contributed by atoms with E-state index in [1.54, 1.807) is 25.1 Å². The van der Waals surface area contributed by atoms with Crippen molar-refractivity contribution < 1.29 is 19.4 Å². The fraction of sp³-hybridized carbons (Fsp3) is 0.158. The van der Waals surface area contributed by atoms with Crippen LogP contribution in [-0.4, -0.2) is 25.5 Å². The number of anilines is 1. The van der Waals surface area contributed by atoms with Gasteiger partial charge in [0.2, 0.25) is 5.91 Å². The maximum Gasteiger partial charge on any atom is 0.390 e. The lowest BCUT2D eigenvalue weighted by molar-refractivity contribution is -0.389. The number of hydrogen-bond donors (Lipinski definition) is 1. The number of aryl methyl sites for hydroxylation is 2. The second kappa shape index (κ2) is 8.39. The van der Waals surface area contributed by atoms with Crippen LogP contribution < -0.4 is 10.1 Å². The van der Waals surface area contributed by atoms with Crippen molar-refractivity contribution in [1.29, 1.82) is 0 Å². The summed E-state index contributed by atoms with van der Waals surface area (Å²) in [7, 11) is 0. The van der Waals surface area contributed by atoms with Gasteiger partial charge >= 0.3 is 5.82 Å². The molecule has 0 aliphatic heterocycles. The van der Waals surface area contributed by atoms with E-state index in [1.807, 2.05) is 13.0 Å². The van der Waals surface area contributed by atoms with E-state index in [0.717, 1.165) is 5.56 Å². The summed E-state index contributed by atoms with van der Waals surface area (Å²) in [6, 6.07) is 12.3. The first-order chi connectivity index (χ1) is 14.2. The molecule has 0 fully saturated rings. The molecular formula is C19H17N5O6. The summed E-state index contributed by atoms with van der Waals surface area (Å²) in [6.45, 7) is 3.17. The fourth-order valence-corrected chi connectivity index (χ4v) is 2.71.